The molecule has 1 amide bonds. The molecule has 3 aromatic rings. The third kappa shape index (κ3) is 4.44. The number of carbonyl (C=O) groups is 1. The van der Waals surface area contributed by atoms with E-state index in [0.717, 1.165) is 30.3 Å². The number of hydrogen-bond donors (Lipinski definition) is 1. The molecule has 0 saturated carbocycles. The van der Waals surface area contributed by atoms with Crippen LogP contribution >= 0.6 is 11.6 Å². The van der Waals surface area contributed by atoms with Crippen molar-refractivity contribution < 1.29 is 13.9 Å². The molecule has 4 rings (SSSR count). The molecule has 2 heterocycles. The van der Waals surface area contributed by atoms with Gasteiger partial charge >= 0.3 is 5.91 Å². The number of furan rings is 1. The normalized spacial score (nSPS) is 17.4. The van der Waals surface area contributed by atoms with E-state index < -0.39 is 5.91 Å². The number of nitrogens with zero attached hydrogens (tertiary/aromatic N) is 2. The van der Waals surface area contributed by atoms with Gasteiger partial charge in [0.1, 0.15) is 0 Å². The molecule has 6 nitrogen and oxygen atoms in total. The number of para-hydroxylation sites is 1. The van der Waals surface area contributed by atoms with Crippen LogP contribution in [0.4, 0.5) is 5.69 Å². The number of rotatable bonds is 6. The third-order valence-electron chi connectivity index (χ3n) is 6.27. The maximum atomic E-state index is 12.6. The van der Waals surface area contributed by atoms with Gasteiger partial charge in [0, 0.05) is 28.7 Å². The predicted octanol–water partition coefficient (Wildman–Crippen LogP) is 6.36. The summed E-state index contributed by atoms with van der Waals surface area (Å²) in [5.41, 5.74) is 6.34. The summed E-state index contributed by atoms with van der Waals surface area (Å²) in [5.74, 6) is 0.690. The smallest absolute Gasteiger partial charge is 0.307 e. The summed E-state index contributed by atoms with van der Waals surface area (Å²) in [7, 11) is 1.56. The predicted molar refractivity (Wildman–Crippen MR) is 134 cm³/mol. The minimum atomic E-state index is -0.442. The standard InChI is InChI=1S/C26H30ClN3O3/c1-6-10-30-21-13-20(27)18(11-19(21)16(2)14-26(30,3)4)15-28-29-25(31)23-12-17-8-7-9-22(32-5)24(17)33-23/h7-9,11-13,15-16H,6,10,14H2,1-5H3,(H,29,31)/b28-15-. The second kappa shape index (κ2) is 9.10. The number of nitrogens with one attached hydrogen (secondary N) is 1. The van der Waals surface area contributed by atoms with Crippen LogP contribution in [0.1, 0.15) is 68.1 Å². The fraction of sp³-hybridized carbons (Fsp3) is 0.385. The zero-order valence-electron chi connectivity index (χ0n) is 19.7. The van der Waals surface area contributed by atoms with Crippen LogP contribution in [0.5, 0.6) is 5.75 Å². The molecule has 2 aromatic carbocycles. The molecule has 0 spiro atoms. The second-order valence-electron chi connectivity index (χ2n) is 9.19. The van der Waals surface area contributed by atoms with Crippen LogP contribution in [-0.4, -0.2) is 31.3 Å². The van der Waals surface area contributed by atoms with Gasteiger partial charge in [-0.2, -0.15) is 5.10 Å². The minimum Gasteiger partial charge on any atom is -0.493 e. The Morgan fingerprint density at radius 1 is 1.36 bits per heavy atom. The monoisotopic (exact) mass is 467 g/mol. The Kier molecular flexibility index (Phi) is 6.39. The molecule has 174 valence electrons. The first-order chi connectivity index (χ1) is 15.7. The lowest BCUT2D eigenvalue weighted by Crippen LogP contribution is -2.48. The molecule has 1 aliphatic heterocycles. The zero-order chi connectivity index (χ0) is 23.8. The van der Waals surface area contributed by atoms with E-state index in [1.165, 1.54) is 11.3 Å². The molecule has 33 heavy (non-hydrogen) atoms. The van der Waals surface area contributed by atoms with Crippen molar-refractivity contribution in [2.75, 3.05) is 18.6 Å². The van der Waals surface area contributed by atoms with Gasteiger partial charge in [-0.1, -0.05) is 37.6 Å². The lowest BCUT2D eigenvalue weighted by atomic mass is 9.79. The van der Waals surface area contributed by atoms with Crippen LogP contribution in [0.25, 0.3) is 11.0 Å². The van der Waals surface area contributed by atoms with Gasteiger partial charge in [0.25, 0.3) is 0 Å². The van der Waals surface area contributed by atoms with Crippen molar-refractivity contribution >= 4 is 40.4 Å². The molecule has 1 atom stereocenters. The molecule has 1 aliphatic rings. The Labute approximate surface area is 199 Å². The van der Waals surface area contributed by atoms with Crippen molar-refractivity contribution in [2.45, 2.75) is 52.0 Å². The Morgan fingerprint density at radius 2 is 2.15 bits per heavy atom. The van der Waals surface area contributed by atoms with Gasteiger partial charge in [-0.25, -0.2) is 5.43 Å². The highest BCUT2D eigenvalue weighted by atomic mass is 35.5. The molecule has 0 bridgehead atoms. The molecule has 1 unspecified atom stereocenters. The summed E-state index contributed by atoms with van der Waals surface area (Å²) in [4.78, 5) is 15.0. The van der Waals surface area contributed by atoms with E-state index >= 15 is 0 Å². The Morgan fingerprint density at radius 3 is 2.88 bits per heavy atom. The molecule has 0 fully saturated rings. The number of methoxy groups -OCH3 is 1. The van der Waals surface area contributed by atoms with E-state index in [-0.39, 0.29) is 11.3 Å². The van der Waals surface area contributed by atoms with E-state index in [9.17, 15) is 4.79 Å². The quantitative estimate of drug-likeness (QED) is 0.338. The van der Waals surface area contributed by atoms with Crippen molar-refractivity contribution in [1.82, 2.24) is 5.43 Å². The van der Waals surface area contributed by atoms with Gasteiger partial charge in [-0.15, -0.1) is 0 Å². The fourth-order valence-corrected chi connectivity index (χ4v) is 5.00. The number of amides is 1. The molecule has 7 heteroatoms. The largest absolute Gasteiger partial charge is 0.493 e. The van der Waals surface area contributed by atoms with Crippen LogP contribution in [0.2, 0.25) is 5.02 Å². The molecule has 0 saturated heterocycles. The van der Waals surface area contributed by atoms with Crippen molar-refractivity contribution in [3.05, 3.63) is 58.3 Å². The average molecular weight is 468 g/mol. The van der Waals surface area contributed by atoms with E-state index in [1.54, 1.807) is 25.5 Å². The highest BCUT2D eigenvalue weighted by Gasteiger charge is 2.36. The Hall–Kier alpha value is -2.99. The van der Waals surface area contributed by atoms with E-state index in [2.05, 4.69) is 49.2 Å². The number of ether oxygens (including phenoxy) is 1. The van der Waals surface area contributed by atoms with E-state index in [0.29, 0.717) is 22.3 Å². The minimum absolute atomic E-state index is 0.0740. The molecule has 0 aliphatic carbocycles. The topological polar surface area (TPSA) is 67.1 Å². The van der Waals surface area contributed by atoms with Gasteiger partial charge < -0.3 is 14.1 Å². The van der Waals surface area contributed by atoms with Crippen molar-refractivity contribution in [1.29, 1.82) is 0 Å². The van der Waals surface area contributed by atoms with Gasteiger partial charge in [0.2, 0.25) is 0 Å². The first-order valence-corrected chi connectivity index (χ1v) is 11.6. The summed E-state index contributed by atoms with van der Waals surface area (Å²) in [6.07, 6.45) is 3.71. The molecule has 0 radical (unpaired) electrons. The van der Waals surface area contributed by atoms with Crippen LogP contribution in [0.15, 0.2) is 45.9 Å². The fourth-order valence-electron chi connectivity index (χ4n) is 4.79. The third-order valence-corrected chi connectivity index (χ3v) is 6.60. The highest BCUT2D eigenvalue weighted by Crippen LogP contribution is 2.45. The Bertz CT molecular complexity index is 1210. The average Bonchev–Trinajstić information content (AvgIpc) is 3.21. The van der Waals surface area contributed by atoms with Crippen LogP contribution in [0, 0.1) is 0 Å². The SMILES string of the molecule is CCCN1c2cc(Cl)c(/C=N\NC(=O)c3cc4cccc(OC)c4o3)cc2C(C)CC1(C)C. The molecular formula is C26H30ClN3O3. The summed E-state index contributed by atoms with van der Waals surface area (Å²) in [6, 6.07) is 11.3. The number of benzene rings is 2. The molecule has 1 N–H and O–H groups in total. The highest BCUT2D eigenvalue weighted by molar-refractivity contribution is 6.33. The lowest BCUT2D eigenvalue weighted by Gasteiger charge is -2.47. The van der Waals surface area contributed by atoms with Crippen LogP contribution in [0.3, 0.4) is 0 Å². The number of halogens is 1. The van der Waals surface area contributed by atoms with E-state index in [4.69, 9.17) is 20.8 Å². The van der Waals surface area contributed by atoms with Gasteiger partial charge in [0.05, 0.1) is 18.3 Å². The zero-order valence-corrected chi connectivity index (χ0v) is 20.5. The van der Waals surface area contributed by atoms with Crippen molar-refractivity contribution in [3.8, 4) is 5.75 Å². The van der Waals surface area contributed by atoms with Crippen molar-refractivity contribution in [2.24, 2.45) is 5.10 Å². The summed E-state index contributed by atoms with van der Waals surface area (Å²) in [6.45, 7) is 9.99. The van der Waals surface area contributed by atoms with E-state index in [1.807, 2.05) is 18.2 Å². The maximum Gasteiger partial charge on any atom is 0.307 e. The van der Waals surface area contributed by atoms with Crippen LogP contribution < -0.4 is 15.1 Å². The Balaban J connectivity index is 1.56. The van der Waals surface area contributed by atoms with Gasteiger partial charge in [-0.3, -0.25) is 4.79 Å². The molecule has 1 aromatic heterocycles. The van der Waals surface area contributed by atoms with Gasteiger partial charge in [-0.05, 0) is 62.4 Å². The second-order valence-corrected chi connectivity index (χ2v) is 9.60. The van der Waals surface area contributed by atoms with Crippen LogP contribution in [-0.2, 0) is 0 Å². The number of carbonyl (C=O) groups excluding carboxylic acids is 1. The number of hydrazone groups is 1. The maximum absolute atomic E-state index is 12.6. The summed E-state index contributed by atoms with van der Waals surface area (Å²) >= 11 is 6.62. The lowest BCUT2D eigenvalue weighted by molar-refractivity contribution is 0.0929. The first-order valence-electron chi connectivity index (χ1n) is 11.3. The van der Waals surface area contributed by atoms with Gasteiger partial charge in [0.15, 0.2) is 17.1 Å². The number of fused-ring (bicyclic) bond motifs is 2. The first kappa shape index (κ1) is 23.2. The van der Waals surface area contributed by atoms with Crippen molar-refractivity contribution in [3.63, 3.8) is 0 Å². The number of anilines is 1. The summed E-state index contributed by atoms with van der Waals surface area (Å²) in [5, 5.41) is 5.53. The number of hydrogen-bond acceptors (Lipinski definition) is 5. The molecular weight excluding hydrogens is 438 g/mol. The summed E-state index contributed by atoms with van der Waals surface area (Å²) < 4.78 is 11.0.